The Morgan fingerprint density at radius 1 is 0.900 bits per heavy atom. The van der Waals surface area contributed by atoms with Crippen molar-refractivity contribution in [2.45, 2.75) is 25.2 Å². The molecule has 5 aromatic rings. The van der Waals surface area contributed by atoms with E-state index < -0.39 is 27.5 Å². The van der Waals surface area contributed by atoms with Crippen molar-refractivity contribution in [1.82, 2.24) is 14.3 Å². The third kappa shape index (κ3) is 9.11. The van der Waals surface area contributed by atoms with Gasteiger partial charge in [0.1, 0.15) is 11.6 Å². The molecule has 0 atom stereocenters. The van der Waals surface area contributed by atoms with E-state index in [-0.39, 0.29) is 54.7 Å². The lowest BCUT2D eigenvalue weighted by molar-refractivity contribution is -0.116. The molecule has 3 aromatic carbocycles. The molecule has 2 aromatic heterocycles. The number of fused-ring (bicyclic) bond motifs is 1. The van der Waals surface area contributed by atoms with E-state index in [1.165, 1.54) is 47.8 Å². The number of nitrogens with one attached hydrogen (secondary N) is 2. The Labute approximate surface area is 294 Å². The van der Waals surface area contributed by atoms with E-state index in [4.69, 9.17) is 21.1 Å². The standard InChI is InChI=1S/C36H35ClFN5O6S/c1-23-4-15-34(49-22-33(44)25-5-8-27(38)9-6-25)36(41-23)42-35(45)16-18-43(50(46,47)29-12-10-28(48-3)11-13-29)19-17-39-32-20-24(2)40-31-14-7-26(37)21-30(31)32/h4-15,20-21H,16-19,22H2,1-3H3,(H,39,40)(H,41,42,45). The third-order valence-electron chi connectivity index (χ3n) is 7.64. The zero-order valence-electron chi connectivity index (χ0n) is 27.6. The van der Waals surface area contributed by atoms with Crippen LogP contribution < -0.4 is 20.1 Å². The zero-order chi connectivity index (χ0) is 35.8. The predicted octanol–water partition coefficient (Wildman–Crippen LogP) is 6.44. The van der Waals surface area contributed by atoms with Crippen molar-refractivity contribution in [3.05, 3.63) is 113 Å². The molecule has 0 saturated heterocycles. The SMILES string of the molecule is COc1ccc(S(=O)(=O)N(CCNc2cc(C)nc3ccc(Cl)cc23)CCC(=O)Nc2nc(C)ccc2OCC(=O)c2ccc(F)cc2)cc1. The highest BCUT2D eigenvalue weighted by Crippen LogP contribution is 2.27. The number of aromatic nitrogens is 2. The van der Waals surface area contributed by atoms with Gasteiger partial charge < -0.3 is 20.1 Å². The Hall–Kier alpha value is -5.11. The number of rotatable bonds is 15. The number of ketones is 1. The number of nitrogens with zero attached hydrogens (tertiary/aromatic N) is 3. The summed E-state index contributed by atoms with van der Waals surface area (Å²) in [6.45, 7) is 3.28. The van der Waals surface area contributed by atoms with Crippen LogP contribution >= 0.6 is 11.6 Å². The fourth-order valence-corrected chi connectivity index (χ4v) is 6.69. The second-order valence-corrected chi connectivity index (χ2v) is 13.7. The molecule has 5 rings (SSSR count). The van der Waals surface area contributed by atoms with Crippen LogP contribution in [0.4, 0.5) is 15.9 Å². The van der Waals surface area contributed by atoms with Crippen LogP contribution in [0.15, 0.2) is 89.8 Å². The number of carbonyl (C=O) groups excluding carboxylic acids is 2. The summed E-state index contributed by atoms with van der Waals surface area (Å²) in [6.07, 6.45) is -0.216. The molecule has 0 saturated carbocycles. The van der Waals surface area contributed by atoms with Crippen LogP contribution in [0, 0.1) is 19.7 Å². The van der Waals surface area contributed by atoms with Crippen LogP contribution in [0.5, 0.6) is 11.5 Å². The predicted molar refractivity (Wildman–Crippen MR) is 190 cm³/mol. The summed E-state index contributed by atoms with van der Waals surface area (Å²) >= 11 is 6.24. The van der Waals surface area contributed by atoms with Crippen LogP contribution in [-0.2, 0) is 14.8 Å². The Kier molecular flexibility index (Phi) is 11.6. The molecule has 2 N–H and O–H groups in total. The zero-order valence-corrected chi connectivity index (χ0v) is 29.1. The van der Waals surface area contributed by atoms with E-state index in [1.54, 1.807) is 43.3 Å². The lowest BCUT2D eigenvalue weighted by atomic mass is 10.1. The molecule has 14 heteroatoms. The maximum Gasteiger partial charge on any atom is 0.243 e. The summed E-state index contributed by atoms with van der Waals surface area (Å²) < 4.78 is 53.1. The van der Waals surface area contributed by atoms with E-state index >= 15 is 0 Å². The second kappa shape index (κ2) is 16.1. The van der Waals surface area contributed by atoms with Gasteiger partial charge >= 0.3 is 0 Å². The highest BCUT2D eigenvalue weighted by Gasteiger charge is 2.25. The molecule has 260 valence electrons. The van der Waals surface area contributed by atoms with Crippen LogP contribution in [0.3, 0.4) is 0 Å². The third-order valence-corrected chi connectivity index (χ3v) is 9.79. The Bertz CT molecular complexity index is 2120. The molecule has 0 spiro atoms. The minimum Gasteiger partial charge on any atom is -0.497 e. The molecule has 0 bridgehead atoms. The summed E-state index contributed by atoms with van der Waals surface area (Å²) in [6, 6.07) is 21.5. The van der Waals surface area contributed by atoms with Crippen molar-refractivity contribution in [3.8, 4) is 11.5 Å². The van der Waals surface area contributed by atoms with Crippen LogP contribution in [-0.4, -0.2) is 67.7 Å². The van der Waals surface area contributed by atoms with Crippen LogP contribution in [0.25, 0.3) is 10.9 Å². The number of methoxy groups -OCH3 is 1. The fraction of sp³-hybridized carbons (Fsp3) is 0.222. The molecule has 0 aliphatic carbocycles. The molecule has 1 amide bonds. The molecule has 0 radical (unpaired) electrons. The lowest BCUT2D eigenvalue weighted by Gasteiger charge is -2.23. The number of carbonyl (C=O) groups is 2. The molecule has 50 heavy (non-hydrogen) atoms. The number of pyridine rings is 2. The van der Waals surface area contributed by atoms with Crippen LogP contribution in [0.2, 0.25) is 5.02 Å². The molecule has 0 fully saturated rings. The van der Waals surface area contributed by atoms with E-state index in [0.717, 1.165) is 22.3 Å². The first-order valence-electron chi connectivity index (χ1n) is 15.6. The van der Waals surface area contributed by atoms with Crippen molar-refractivity contribution >= 4 is 55.7 Å². The Morgan fingerprint density at radius 3 is 2.36 bits per heavy atom. The van der Waals surface area contributed by atoms with Gasteiger partial charge in [-0.1, -0.05) is 11.6 Å². The van der Waals surface area contributed by atoms with Crippen molar-refractivity contribution < 1.29 is 31.9 Å². The normalized spacial score (nSPS) is 11.4. The number of aryl methyl sites for hydroxylation is 2. The average Bonchev–Trinajstić information content (AvgIpc) is 3.09. The number of benzene rings is 3. The van der Waals surface area contributed by atoms with Gasteiger partial charge in [0.05, 0.1) is 17.5 Å². The summed E-state index contributed by atoms with van der Waals surface area (Å²) in [5.74, 6) is -0.666. The van der Waals surface area contributed by atoms with Crippen molar-refractivity contribution in [2.24, 2.45) is 0 Å². The highest BCUT2D eigenvalue weighted by molar-refractivity contribution is 7.89. The van der Waals surface area contributed by atoms with Gasteiger partial charge in [0.25, 0.3) is 0 Å². The number of hydrogen-bond acceptors (Lipinski definition) is 9. The average molecular weight is 720 g/mol. The molecular weight excluding hydrogens is 685 g/mol. The van der Waals surface area contributed by atoms with Gasteiger partial charge in [0, 0.05) is 59.1 Å². The van der Waals surface area contributed by atoms with Gasteiger partial charge in [-0.3, -0.25) is 14.6 Å². The molecule has 11 nitrogen and oxygen atoms in total. The number of ether oxygens (including phenoxy) is 2. The second-order valence-electron chi connectivity index (χ2n) is 11.3. The maximum absolute atomic E-state index is 13.9. The van der Waals surface area contributed by atoms with Crippen molar-refractivity contribution in [2.75, 3.05) is 44.0 Å². The van der Waals surface area contributed by atoms with Gasteiger partial charge in [-0.25, -0.2) is 17.8 Å². The fourth-order valence-electron chi connectivity index (χ4n) is 5.07. The van der Waals surface area contributed by atoms with Gasteiger partial charge in [-0.05, 0) is 98.8 Å². The van der Waals surface area contributed by atoms with Crippen LogP contribution in [0.1, 0.15) is 28.2 Å². The van der Waals surface area contributed by atoms with E-state index in [2.05, 4.69) is 20.6 Å². The number of sulfonamides is 1. The first-order valence-corrected chi connectivity index (χ1v) is 17.4. The smallest absolute Gasteiger partial charge is 0.243 e. The van der Waals surface area contributed by atoms with E-state index in [0.29, 0.717) is 16.5 Å². The molecule has 0 aliphatic heterocycles. The Morgan fingerprint density at radius 2 is 1.64 bits per heavy atom. The molecule has 2 heterocycles. The monoisotopic (exact) mass is 719 g/mol. The summed E-state index contributed by atoms with van der Waals surface area (Å²) in [5, 5.41) is 7.32. The van der Waals surface area contributed by atoms with E-state index in [1.807, 2.05) is 19.1 Å². The van der Waals surface area contributed by atoms with Gasteiger partial charge in [-0.2, -0.15) is 4.31 Å². The minimum absolute atomic E-state index is 0.0215. The summed E-state index contributed by atoms with van der Waals surface area (Å²) in [7, 11) is -2.56. The Balaban J connectivity index is 1.30. The van der Waals surface area contributed by atoms with Gasteiger partial charge in [0.15, 0.2) is 24.0 Å². The first-order chi connectivity index (χ1) is 23.9. The largest absolute Gasteiger partial charge is 0.497 e. The minimum atomic E-state index is -4.05. The first kappa shape index (κ1) is 36.2. The van der Waals surface area contributed by atoms with Crippen molar-refractivity contribution in [3.63, 3.8) is 0 Å². The molecular formula is C36H35ClFN5O6S. The number of anilines is 2. The number of hydrogen-bond donors (Lipinski definition) is 2. The molecule has 0 unspecified atom stereocenters. The number of Topliss-reactive ketones (excluding diaryl/α,β-unsaturated/α-hetero) is 1. The lowest BCUT2D eigenvalue weighted by Crippen LogP contribution is -2.37. The summed E-state index contributed by atoms with van der Waals surface area (Å²) in [5.41, 5.74) is 3.09. The summed E-state index contributed by atoms with van der Waals surface area (Å²) in [4.78, 5) is 34.8. The number of amides is 1. The van der Waals surface area contributed by atoms with Gasteiger partial charge in [0.2, 0.25) is 15.9 Å². The maximum atomic E-state index is 13.9. The topological polar surface area (TPSA) is 140 Å². The molecule has 0 aliphatic rings. The quantitative estimate of drug-likeness (QED) is 0.117. The van der Waals surface area contributed by atoms with E-state index in [9.17, 15) is 22.4 Å². The van der Waals surface area contributed by atoms with Gasteiger partial charge in [-0.15, -0.1) is 0 Å². The highest BCUT2D eigenvalue weighted by atomic mass is 35.5. The van der Waals surface area contributed by atoms with Crippen molar-refractivity contribution in [1.29, 1.82) is 0 Å². The number of halogens is 2.